The van der Waals surface area contributed by atoms with Gasteiger partial charge in [-0.2, -0.15) is 0 Å². The summed E-state index contributed by atoms with van der Waals surface area (Å²) in [6.07, 6.45) is 0. The first-order valence-electron chi connectivity index (χ1n) is 5.54. The van der Waals surface area contributed by atoms with Crippen molar-refractivity contribution in [3.05, 3.63) is 47.4 Å². The van der Waals surface area contributed by atoms with E-state index < -0.39 is 0 Å². The van der Waals surface area contributed by atoms with Gasteiger partial charge < -0.3 is 15.1 Å². The number of carbonyl (C=O) groups is 1. The van der Waals surface area contributed by atoms with E-state index in [2.05, 4.69) is 0 Å². The van der Waals surface area contributed by atoms with Crippen molar-refractivity contribution < 1.29 is 9.21 Å². The fourth-order valence-corrected chi connectivity index (χ4v) is 1.81. The number of rotatable bonds is 3. The second-order valence-electron chi connectivity index (χ2n) is 3.74. The molecule has 1 aromatic carbocycles. The molecule has 0 radical (unpaired) electrons. The van der Waals surface area contributed by atoms with E-state index in [1.807, 2.05) is 6.92 Å². The fourth-order valence-electron chi connectivity index (χ4n) is 1.66. The van der Waals surface area contributed by atoms with Gasteiger partial charge in [0.05, 0.1) is 0 Å². The van der Waals surface area contributed by atoms with Gasteiger partial charge in [0.2, 0.25) is 0 Å². The van der Waals surface area contributed by atoms with Gasteiger partial charge in [-0.05, 0) is 54.9 Å². The van der Waals surface area contributed by atoms with Gasteiger partial charge in [0, 0.05) is 17.9 Å². The lowest BCUT2D eigenvalue weighted by atomic mass is 10.2. The van der Waals surface area contributed by atoms with Crippen LogP contribution in [-0.4, -0.2) is 12.5 Å². The zero-order chi connectivity index (χ0) is 13.1. The maximum absolute atomic E-state index is 12.2. The highest BCUT2D eigenvalue weighted by Crippen LogP contribution is 2.21. The highest BCUT2D eigenvalue weighted by atomic mass is 35.5. The minimum Gasteiger partial charge on any atom is -0.440 e. The second-order valence-corrected chi connectivity index (χ2v) is 4.12. The molecule has 0 atom stereocenters. The Morgan fingerprint density at radius 1 is 1.28 bits per heavy atom. The number of carbonyl (C=O) groups excluding carboxylic acids is 1. The van der Waals surface area contributed by atoms with E-state index in [-0.39, 0.29) is 16.9 Å². The Bertz CT molecular complexity index is 548. The first kappa shape index (κ1) is 12.5. The van der Waals surface area contributed by atoms with Crippen molar-refractivity contribution in [2.24, 2.45) is 0 Å². The van der Waals surface area contributed by atoms with Crippen LogP contribution in [0.3, 0.4) is 0 Å². The highest BCUT2D eigenvalue weighted by molar-refractivity contribution is 6.29. The summed E-state index contributed by atoms with van der Waals surface area (Å²) in [6, 6.07) is 10.2. The normalized spacial score (nSPS) is 10.3. The Morgan fingerprint density at radius 3 is 2.44 bits per heavy atom. The number of hydrogen-bond acceptors (Lipinski definition) is 3. The minimum atomic E-state index is -0.228. The molecule has 0 aliphatic heterocycles. The maximum Gasteiger partial charge on any atom is 0.294 e. The van der Waals surface area contributed by atoms with E-state index in [0.717, 1.165) is 5.69 Å². The topological polar surface area (TPSA) is 59.5 Å². The van der Waals surface area contributed by atoms with Gasteiger partial charge in [-0.25, -0.2) is 0 Å². The number of nitrogens with zero attached hydrogens (tertiary/aromatic N) is 1. The predicted octanol–water partition coefficient (Wildman–Crippen LogP) is 3.18. The minimum absolute atomic E-state index is 0.201. The Hall–Kier alpha value is -1.94. The van der Waals surface area contributed by atoms with Crippen LogP contribution in [0.15, 0.2) is 40.8 Å². The highest BCUT2D eigenvalue weighted by Gasteiger charge is 2.19. The molecule has 4 nitrogen and oxygen atoms in total. The van der Waals surface area contributed by atoms with Gasteiger partial charge >= 0.3 is 0 Å². The summed E-state index contributed by atoms with van der Waals surface area (Å²) in [6.45, 7) is 2.42. The molecule has 0 bridgehead atoms. The number of amides is 1. The van der Waals surface area contributed by atoms with Gasteiger partial charge in [0.1, 0.15) is 0 Å². The van der Waals surface area contributed by atoms with E-state index in [1.54, 1.807) is 41.3 Å². The standard InChI is InChI=1S/C13H13ClN2O2/c1-2-16(10-5-3-9(15)4-6-10)13(17)11-7-8-12(14)18-11/h3-8H,2,15H2,1H3. The first-order chi connectivity index (χ1) is 8.61. The molecule has 0 spiro atoms. The molecule has 2 N–H and O–H groups in total. The largest absolute Gasteiger partial charge is 0.440 e. The van der Waals surface area contributed by atoms with E-state index in [9.17, 15) is 4.79 Å². The van der Waals surface area contributed by atoms with Crippen molar-refractivity contribution in [3.63, 3.8) is 0 Å². The van der Waals surface area contributed by atoms with Crippen LogP contribution in [0.25, 0.3) is 0 Å². The SMILES string of the molecule is CCN(C(=O)c1ccc(Cl)o1)c1ccc(N)cc1. The quantitative estimate of drug-likeness (QED) is 0.866. The lowest BCUT2D eigenvalue weighted by molar-refractivity contribution is 0.0962. The van der Waals surface area contributed by atoms with Crippen molar-refractivity contribution in [2.45, 2.75) is 6.92 Å². The maximum atomic E-state index is 12.2. The first-order valence-corrected chi connectivity index (χ1v) is 5.92. The van der Waals surface area contributed by atoms with Crippen molar-refractivity contribution >= 4 is 28.9 Å². The summed E-state index contributed by atoms with van der Waals surface area (Å²) in [5, 5.41) is 0.201. The summed E-state index contributed by atoms with van der Waals surface area (Å²) < 4.78 is 5.12. The zero-order valence-corrected chi connectivity index (χ0v) is 10.6. The van der Waals surface area contributed by atoms with E-state index >= 15 is 0 Å². The van der Waals surface area contributed by atoms with Crippen molar-refractivity contribution in [1.82, 2.24) is 0 Å². The molecule has 0 aliphatic rings. The Kier molecular flexibility index (Phi) is 3.58. The Balaban J connectivity index is 2.28. The molecule has 5 heteroatoms. The number of hydrogen-bond donors (Lipinski definition) is 1. The van der Waals surface area contributed by atoms with E-state index in [0.29, 0.717) is 12.2 Å². The van der Waals surface area contributed by atoms with E-state index in [4.69, 9.17) is 21.8 Å². The van der Waals surface area contributed by atoms with Gasteiger partial charge in [-0.3, -0.25) is 4.79 Å². The molecule has 2 rings (SSSR count). The molecular formula is C13H13ClN2O2. The smallest absolute Gasteiger partial charge is 0.294 e. The molecule has 1 heterocycles. The molecule has 0 aliphatic carbocycles. The van der Waals surface area contributed by atoms with E-state index in [1.165, 1.54) is 0 Å². The summed E-state index contributed by atoms with van der Waals surface area (Å²) in [4.78, 5) is 13.8. The number of anilines is 2. The van der Waals surface area contributed by atoms with Crippen molar-refractivity contribution in [1.29, 1.82) is 0 Å². The van der Waals surface area contributed by atoms with Gasteiger partial charge in [0.15, 0.2) is 11.0 Å². The summed E-state index contributed by atoms with van der Waals surface area (Å²) >= 11 is 5.67. The van der Waals surface area contributed by atoms with Crippen LogP contribution in [0, 0.1) is 0 Å². The average molecular weight is 265 g/mol. The predicted molar refractivity (Wildman–Crippen MR) is 71.9 cm³/mol. The number of nitrogens with two attached hydrogens (primary N) is 1. The molecule has 2 aromatic rings. The molecule has 18 heavy (non-hydrogen) atoms. The van der Waals surface area contributed by atoms with Crippen LogP contribution in [-0.2, 0) is 0 Å². The molecule has 0 saturated heterocycles. The summed E-state index contributed by atoms with van der Waals surface area (Å²) in [7, 11) is 0. The van der Waals surface area contributed by atoms with Crippen LogP contribution in [0.1, 0.15) is 17.5 Å². The molecule has 0 saturated carbocycles. The van der Waals surface area contributed by atoms with Gasteiger partial charge in [0.25, 0.3) is 5.91 Å². The third kappa shape index (κ3) is 2.49. The molecule has 0 unspecified atom stereocenters. The molecule has 1 aromatic heterocycles. The van der Waals surface area contributed by atoms with Crippen LogP contribution < -0.4 is 10.6 Å². The van der Waals surface area contributed by atoms with Crippen LogP contribution in [0.4, 0.5) is 11.4 Å². The Morgan fingerprint density at radius 2 is 1.94 bits per heavy atom. The van der Waals surface area contributed by atoms with Gasteiger partial charge in [-0.15, -0.1) is 0 Å². The second kappa shape index (κ2) is 5.14. The Labute approximate surface area is 110 Å². The number of benzene rings is 1. The van der Waals surface area contributed by atoms with Crippen LogP contribution in [0.2, 0.25) is 5.22 Å². The number of halogens is 1. The van der Waals surface area contributed by atoms with Crippen LogP contribution in [0.5, 0.6) is 0 Å². The number of nitrogen functional groups attached to an aromatic ring is 1. The molecule has 94 valence electrons. The average Bonchev–Trinajstić information content (AvgIpc) is 2.79. The third-order valence-electron chi connectivity index (χ3n) is 2.55. The summed E-state index contributed by atoms with van der Waals surface area (Å²) in [5.74, 6) is -0.00662. The zero-order valence-electron chi connectivity index (χ0n) is 9.89. The van der Waals surface area contributed by atoms with Crippen molar-refractivity contribution in [2.75, 3.05) is 17.2 Å². The summed E-state index contributed by atoms with van der Waals surface area (Å²) in [5.41, 5.74) is 7.04. The number of furan rings is 1. The lowest BCUT2D eigenvalue weighted by Gasteiger charge is -2.19. The third-order valence-corrected chi connectivity index (χ3v) is 2.75. The van der Waals surface area contributed by atoms with Crippen molar-refractivity contribution in [3.8, 4) is 0 Å². The molecular weight excluding hydrogens is 252 g/mol. The van der Waals surface area contributed by atoms with Crippen LogP contribution >= 0.6 is 11.6 Å². The molecule has 1 amide bonds. The monoisotopic (exact) mass is 264 g/mol. The fraction of sp³-hybridized carbons (Fsp3) is 0.154. The lowest BCUT2D eigenvalue weighted by Crippen LogP contribution is -2.30. The van der Waals surface area contributed by atoms with Gasteiger partial charge in [-0.1, -0.05) is 0 Å². The molecule has 0 fully saturated rings.